The average Bonchev–Trinajstić information content (AvgIpc) is 2.85. The third-order valence-corrected chi connectivity index (χ3v) is 5.02. The lowest BCUT2D eigenvalue weighted by atomic mass is 10.0. The number of benzene rings is 3. The summed E-state index contributed by atoms with van der Waals surface area (Å²) in [5, 5.41) is 17.5. The molecule has 1 aromatic heterocycles. The van der Waals surface area contributed by atoms with Crippen molar-refractivity contribution >= 4 is 40.5 Å². The van der Waals surface area contributed by atoms with E-state index in [0.29, 0.717) is 22.5 Å². The largest absolute Gasteiger partial charge is 0.369 e. The Hall–Kier alpha value is -5.12. The summed E-state index contributed by atoms with van der Waals surface area (Å²) >= 11 is 0. The molecule has 174 valence electrons. The van der Waals surface area contributed by atoms with Crippen molar-refractivity contribution in [2.75, 3.05) is 10.6 Å². The van der Waals surface area contributed by atoms with Crippen LogP contribution in [-0.2, 0) is 11.2 Å². The van der Waals surface area contributed by atoms with Gasteiger partial charge in [0.05, 0.1) is 17.0 Å². The third kappa shape index (κ3) is 5.63. The van der Waals surface area contributed by atoms with Gasteiger partial charge in [-0.3, -0.25) is 19.7 Å². The lowest BCUT2D eigenvalue weighted by Crippen LogP contribution is -2.13. The maximum Gasteiger partial charge on any atom is 0.329 e. The molecule has 0 saturated carbocycles. The van der Waals surface area contributed by atoms with Crippen LogP contribution in [0.4, 0.5) is 28.8 Å². The molecule has 4 rings (SSSR count). The van der Waals surface area contributed by atoms with Gasteiger partial charge in [-0.2, -0.15) is 4.98 Å². The van der Waals surface area contributed by atoms with Crippen LogP contribution in [-0.4, -0.2) is 26.6 Å². The van der Waals surface area contributed by atoms with Crippen LogP contribution in [0.3, 0.4) is 0 Å². The summed E-state index contributed by atoms with van der Waals surface area (Å²) in [6.07, 6.45) is 1.20. The van der Waals surface area contributed by atoms with Gasteiger partial charge in [-0.1, -0.05) is 54.6 Å². The van der Waals surface area contributed by atoms with Crippen molar-refractivity contribution in [1.29, 1.82) is 0 Å². The number of hydrogen-bond donors (Lipinski definition) is 3. The fourth-order valence-electron chi connectivity index (χ4n) is 3.36. The Balaban J connectivity index is 1.63. The number of rotatable bonds is 9. The Bertz CT molecular complexity index is 1390. The second-order valence-electron chi connectivity index (χ2n) is 7.52. The van der Waals surface area contributed by atoms with Crippen LogP contribution in [0.5, 0.6) is 0 Å². The first-order valence-corrected chi connectivity index (χ1v) is 10.5. The van der Waals surface area contributed by atoms with Crippen molar-refractivity contribution in [3.63, 3.8) is 0 Å². The highest BCUT2D eigenvalue weighted by Gasteiger charge is 2.20. The van der Waals surface area contributed by atoms with Crippen molar-refractivity contribution in [2.24, 2.45) is 5.73 Å². The number of para-hydroxylation sites is 1. The summed E-state index contributed by atoms with van der Waals surface area (Å²) < 4.78 is 0. The summed E-state index contributed by atoms with van der Waals surface area (Å²) in [5.74, 6) is -0.648. The van der Waals surface area contributed by atoms with Crippen LogP contribution < -0.4 is 16.4 Å². The topological polar surface area (TPSA) is 153 Å². The first-order valence-electron chi connectivity index (χ1n) is 10.5. The fourth-order valence-corrected chi connectivity index (χ4v) is 3.36. The van der Waals surface area contributed by atoms with E-state index in [4.69, 9.17) is 5.73 Å². The van der Waals surface area contributed by atoms with Crippen LogP contribution in [0.2, 0.25) is 0 Å². The molecular formula is C25H20N6O4. The van der Waals surface area contributed by atoms with Crippen LogP contribution >= 0.6 is 0 Å². The number of ketones is 1. The van der Waals surface area contributed by atoms with Gasteiger partial charge in [0.1, 0.15) is 6.20 Å². The number of anilines is 4. The first-order chi connectivity index (χ1) is 16.9. The molecule has 10 heteroatoms. The minimum absolute atomic E-state index is 0.0776. The van der Waals surface area contributed by atoms with Gasteiger partial charge in [-0.05, 0) is 29.8 Å². The van der Waals surface area contributed by atoms with Crippen LogP contribution in [0, 0.1) is 10.1 Å². The van der Waals surface area contributed by atoms with Crippen molar-refractivity contribution in [3.8, 4) is 0 Å². The minimum atomic E-state index is -0.605. The molecule has 3 aromatic carbocycles. The molecule has 0 fully saturated rings. The van der Waals surface area contributed by atoms with E-state index >= 15 is 0 Å². The minimum Gasteiger partial charge on any atom is -0.369 e. The van der Waals surface area contributed by atoms with E-state index in [1.54, 1.807) is 72.8 Å². The summed E-state index contributed by atoms with van der Waals surface area (Å²) in [6, 6.07) is 22.3. The molecule has 4 N–H and O–H groups in total. The SMILES string of the molecule is NC(=O)Cc1ccc(Nc2ncc([N+](=O)[O-])c(Nc3ccccc3C(=O)c3ccccc3)n2)cc1. The van der Waals surface area contributed by atoms with E-state index in [1.807, 2.05) is 6.07 Å². The number of nitrogens with zero attached hydrogens (tertiary/aromatic N) is 3. The Morgan fingerprint density at radius 1 is 0.914 bits per heavy atom. The maximum absolute atomic E-state index is 13.0. The molecule has 0 aliphatic heterocycles. The van der Waals surface area contributed by atoms with Gasteiger partial charge in [0.2, 0.25) is 17.7 Å². The molecule has 0 spiro atoms. The van der Waals surface area contributed by atoms with E-state index in [9.17, 15) is 19.7 Å². The van der Waals surface area contributed by atoms with Gasteiger partial charge in [-0.15, -0.1) is 0 Å². The summed E-state index contributed by atoms with van der Waals surface area (Å²) in [4.78, 5) is 43.4. The maximum atomic E-state index is 13.0. The third-order valence-electron chi connectivity index (χ3n) is 5.02. The standard InChI is InChI=1S/C25H20N6O4/c26-22(32)14-16-10-12-18(13-11-16)28-25-27-15-21(31(34)35)24(30-25)29-20-9-5-4-8-19(20)23(33)17-6-2-1-3-7-17/h1-13,15H,14H2,(H2,26,32)(H2,27,28,29,30). The van der Waals surface area contributed by atoms with Gasteiger partial charge in [-0.25, -0.2) is 4.98 Å². The van der Waals surface area contributed by atoms with Gasteiger partial charge in [0.25, 0.3) is 0 Å². The Morgan fingerprint density at radius 3 is 2.29 bits per heavy atom. The van der Waals surface area contributed by atoms with E-state index in [2.05, 4.69) is 20.6 Å². The Labute approximate surface area is 200 Å². The fraction of sp³-hybridized carbons (Fsp3) is 0.0400. The van der Waals surface area contributed by atoms with E-state index < -0.39 is 10.8 Å². The molecule has 0 atom stereocenters. The van der Waals surface area contributed by atoms with Crippen molar-refractivity contribution in [2.45, 2.75) is 6.42 Å². The number of amides is 1. The Kier molecular flexibility index (Phi) is 6.73. The zero-order valence-corrected chi connectivity index (χ0v) is 18.3. The summed E-state index contributed by atoms with van der Waals surface area (Å²) in [5.41, 5.74) is 7.40. The molecule has 0 aliphatic carbocycles. The van der Waals surface area contributed by atoms with Crippen LogP contribution in [0.15, 0.2) is 85.1 Å². The lowest BCUT2D eigenvalue weighted by Gasteiger charge is -2.12. The zero-order chi connectivity index (χ0) is 24.8. The van der Waals surface area contributed by atoms with Crippen LogP contribution in [0.1, 0.15) is 21.5 Å². The number of nitro groups is 1. The highest BCUT2D eigenvalue weighted by molar-refractivity contribution is 6.12. The molecule has 10 nitrogen and oxygen atoms in total. The number of primary amides is 1. The Morgan fingerprint density at radius 2 is 1.60 bits per heavy atom. The monoisotopic (exact) mass is 468 g/mol. The molecule has 0 unspecified atom stereocenters. The number of hydrogen-bond acceptors (Lipinski definition) is 8. The molecule has 1 amide bonds. The number of aromatic nitrogens is 2. The van der Waals surface area contributed by atoms with Gasteiger partial charge in [0.15, 0.2) is 5.78 Å². The van der Waals surface area contributed by atoms with Crippen molar-refractivity contribution in [1.82, 2.24) is 9.97 Å². The molecule has 0 bridgehead atoms. The molecule has 0 aliphatic rings. The quantitative estimate of drug-likeness (QED) is 0.188. The molecular weight excluding hydrogens is 448 g/mol. The van der Waals surface area contributed by atoms with Crippen molar-refractivity contribution in [3.05, 3.63) is 112 Å². The predicted molar refractivity (Wildman–Crippen MR) is 131 cm³/mol. The van der Waals surface area contributed by atoms with Gasteiger partial charge >= 0.3 is 5.69 Å². The first kappa shape index (κ1) is 23.1. The van der Waals surface area contributed by atoms with E-state index in [1.165, 1.54) is 0 Å². The number of nitrogens with two attached hydrogens (primary N) is 1. The number of nitrogens with one attached hydrogen (secondary N) is 2. The highest BCUT2D eigenvalue weighted by Crippen LogP contribution is 2.29. The molecule has 0 radical (unpaired) electrons. The molecule has 0 saturated heterocycles. The zero-order valence-electron chi connectivity index (χ0n) is 18.3. The predicted octanol–water partition coefficient (Wildman–Crippen LogP) is 4.13. The summed E-state index contributed by atoms with van der Waals surface area (Å²) in [7, 11) is 0. The summed E-state index contributed by atoms with van der Waals surface area (Å²) in [6.45, 7) is 0. The van der Waals surface area contributed by atoms with Crippen molar-refractivity contribution < 1.29 is 14.5 Å². The molecule has 4 aromatic rings. The molecule has 35 heavy (non-hydrogen) atoms. The number of carbonyl (C=O) groups is 2. The van der Waals surface area contributed by atoms with Gasteiger partial charge < -0.3 is 16.4 Å². The number of carbonyl (C=O) groups excluding carboxylic acids is 2. The van der Waals surface area contributed by atoms with Gasteiger partial charge in [0, 0.05) is 16.8 Å². The normalized spacial score (nSPS) is 10.4. The molecule has 1 heterocycles. The van der Waals surface area contributed by atoms with Crippen LogP contribution in [0.25, 0.3) is 0 Å². The van der Waals surface area contributed by atoms with E-state index in [0.717, 1.165) is 11.8 Å². The van der Waals surface area contributed by atoms with E-state index in [-0.39, 0.29) is 29.7 Å². The second-order valence-corrected chi connectivity index (χ2v) is 7.52. The second kappa shape index (κ2) is 10.2. The average molecular weight is 468 g/mol. The smallest absolute Gasteiger partial charge is 0.329 e. The lowest BCUT2D eigenvalue weighted by molar-refractivity contribution is -0.384. The highest BCUT2D eigenvalue weighted by atomic mass is 16.6.